The van der Waals surface area contributed by atoms with E-state index < -0.39 is 0 Å². The van der Waals surface area contributed by atoms with Gasteiger partial charge in [0.1, 0.15) is 11.5 Å². The Morgan fingerprint density at radius 1 is 0.708 bits per heavy atom. The van der Waals surface area contributed by atoms with E-state index in [1.54, 1.807) is 0 Å². The fourth-order valence-corrected chi connectivity index (χ4v) is 3.29. The molecule has 0 saturated heterocycles. The first-order valence-electron chi connectivity index (χ1n) is 8.15. The number of benzene rings is 3. The van der Waals surface area contributed by atoms with Gasteiger partial charge in [-0.25, -0.2) is 0 Å². The molecule has 0 amide bonds. The highest BCUT2D eigenvalue weighted by Crippen LogP contribution is 2.20. The summed E-state index contributed by atoms with van der Waals surface area (Å²) in [6, 6.07) is 24.0. The van der Waals surface area contributed by atoms with Gasteiger partial charge in [0, 0.05) is 0 Å². The van der Waals surface area contributed by atoms with Crippen LogP contribution in [0.1, 0.15) is 22.3 Å². The summed E-state index contributed by atoms with van der Waals surface area (Å²) >= 11 is 0. The average molecular weight is 336 g/mol. The third-order valence-corrected chi connectivity index (χ3v) is 4.17. The topological polar surface area (TPSA) is 9.23 Å². The lowest BCUT2D eigenvalue weighted by Gasteiger charge is -2.07. The van der Waals surface area contributed by atoms with Crippen LogP contribution in [0.4, 0.5) is 0 Å². The molecule has 0 aliphatic heterocycles. The Bertz CT molecular complexity index is 691. The normalized spacial score (nSPS) is 9.83. The van der Waals surface area contributed by atoms with Crippen LogP contribution in [0.15, 0.2) is 72.8 Å². The number of ether oxygens (including phenoxy) is 1. The van der Waals surface area contributed by atoms with Crippen LogP contribution < -0.4 is 4.74 Å². The highest BCUT2D eigenvalue weighted by molar-refractivity contribution is 7.15. The highest BCUT2D eigenvalue weighted by Gasteiger charge is 1.99. The van der Waals surface area contributed by atoms with Crippen LogP contribution in [0.5, 0.6) is 11.5 Å². The molecule has 0 N–H and O–H groups in total. The van der Waals surface area contributed by atoms with Gasteiger partial charge in [-0.2, -0.15) is 0 Å². The van der Waals surface area contributed by atoms with Gasteiger partial charge < -0.3 is 4.74 Å². The minimum absolute atomic E-state index is 0.869. The van der Waals surface area contributed by atoms with Crippen molar-refractivity contribution in [1.82, 2.24) is 0 Å². The van der Waals surface area contributed by atoms with Crippen molar-refractivity contribution in [3.63, 3.8) is 0 Å². The molecule has 0 spiro atoms. The van der Waals surface area contributed by atoms with Crippen molar-refractivity contribution >= 4 is 9.24 Å². The van der Waals surface area contributed by atoms with Crippen LogP contribution in [0.2, 0.25) is 0 Å². The van der Waals surface area contributed by atoms with Crippen LogP contribution in [0.25, 0.3) is 0 Å². The van der Waals surface area contributed by atoms with Crippen molar-refractivity contribution in [3.05, 3.63) is 95.1 Å². The average Bonchev–Trinajstić information content (AvgIpc) is 2.57. The van der Waals surface area contributed by atoms with E-state index >= 15 is 0 Å². The number of hydrogen-bond donors (Lipinski definition) is 0. The van der Waals surface area contributed by atoms with Gasteiger partial charge in [0.2, 0.25) is 0 Å². The fourth-order valence-electron chi connectivity index (χ4n) is 2.65. The fraction of sp³-hybridized carbons (Fsp3) is 0.182. The van der Waals surface area contributed by atoms with Gasteiger partial charge in [-0.15, -0.1) is 9.24 Å². The molecule has 24 heavy (non-hydrogen) atoms. The van der Waals surface area contributed by atoms with Gasteiger partial charge in [-0.05, 0) is 67.9 Å². The van der Waals surface area contributed by atoms with Gasteiger partial charge in [-0.1, -0.05) is 54.1 Å². The molecule has 0 heterocycles. The Hall–Kier alpha value is -2.11. The summed E-state index contributed by atoms with van der Waals surface area (Å²) in [7, 11) is 2.78. The molecule has 124 valence electrons. The SMILES string of the molecule is Cc1cc(C)c(CP)c(C)c1.c1ccc(Oc2ccccc2)cc1. The van der Waals surface area contributed by atoms with E-state index in [2.05, 4.69) is 42.1 Å². The second kappa shape index (κ2) is 9.25. The molecule has 0 aromatic heterocycles. The first kappa shape index (κ1) is 18.2. The Morgan fingerprint density at radius 2 is 1.12 bits per heavy atom. The van der Waals surface area contributed by atoms with Gasteiger partial charge in [0.05, 0.1) is 0 Å². The molecule has 0 aliphatic rings. The third kappa shape index (κ3) is 5.51. The van der Waals surface area contributed by atoms with E-state index in [-0.39, 0.29) is 0 Å². The molecule has 3 aromatic rings. The molecule has 3 aromatic carbocycles. The molecule has 1 atom stereocenters. The van der Waals surface area contributed by atoms with E-state index in [4.69, 9.17) is 4.74 Å². The number of para-hydroxylation sites is 2. The summed E-state index contributed by atoms with van der Waals surface area (Å²) in [6.07, 6.45) is 1.07. The first-order chi connectivity index (χ1) is 11.6. The summed E-state index contributed by atoms with van der Waals surface area (Å²) in [5.74, 6) is 1.74. The smallest absolute Gasteiger partial charge is 0.127 e. The summed E-state index contributed by atoms with van der Waals surface area (Å²) in [6.45, 7) is 6.51. The standard InChI is InChI=1S/C12H10O.C10H15P/c1-3-7-11(8-4-1)13-12-9-5-2-6-10-12;1-7-4-8(2)10(6-11)9(3)5-7/h1-10H;4-5H,6,11H2,1-3H3. The first-order valence-corrected chi connectivity index (χ1v) is 8.96. The zero-order valence-corrected chi connectivity index (χ0v) is 15.8. The lowest BCUT2D eigenvalue weighted by Crippen LogP contribution is -1.90. The predicted molar refractivity (Wildman–Crippen MR) is 107 cm³/mol. The summed E-state index contributed by atoms with van der Waals surface area (Å²) < 4.78 is 5.58. The van der Waals surface area contributed by atoms with Crippen LogP contribution in [0.3, 0.4) is 0 Å². The van der Waals surface area contributed by atoms with Gasteiger partial charge >= 0.3 is 0 Å². The minimum Gasteiger partial charge on any atom is -0.457 e. The summed E-state index contributed by atoms with van der Waals surface area (Å²) in [5.41, 5.74) is 5.66. The third-order valence-electron chi connectivity index (χ3n) is 3.77. The van der Waals surface area contributed by atoms with E-state index in [0.717, 1.165) is 17.7 Å². The zero-order valence-electron chi connectivity index (χ0n) is 14.6. The summed E-state index contributed by atoms with van der Waals surface area (Å²) in [4.78, 5) is 0. The number of rotatable bonds is 3. The Morgan fingerprint density at radius 3 is 1.50 bits per heavy atom. The molecule has 2 heteroatoms. The molecule has 3 rings (SSSR count). The number of aryl methyl sites for hydroxylation is 3. The minimum atomic E-state index is 0.869. The highest BCUT2D eigenvalue weighted by atomic mass is 31.0. The van der Waals surface area contributed by atoms with Gasteiger partial charge in [0.25, 0.3) is 0 Å². The molecule has 1 nitrogen and oxygen atoms in total. The maximum absolute atomic E-state index is 5.58. The quantitative estimate of drug-likeness (QED) is 0.498. The molecule has 0 aliphatic carbocycles. The van der Waals surface area contributed by atoms with Crippen molar-refractivity contribution in [3.8, 4) is 11.5 Å². The second-order valence-corrected chi connectivity index (χ2v) is 6.22. The lowest BCUT2D eigenvalue weighted by atomic mass is 10.0. The molecule has 0 radical (unpaired) electrons. The lowest BCUT2D eigenvalue weighted by molar-refractivity contribution is 0.482. The van der Waals surface area contributed by atoms with Crippen LogP contribution in [-0.4, -0.2) is 0 Å². The van der Waals surface area contributed by atoms with Gasteiger partial charge in [0.15, 0.2) is 0 Å². The monoisotopic (exact) mass is 336 g/mol. The maximum atomic E-state index is 5.58. The van der Waals surface area contributed by atoms with Crippen LogP contribution in [-0.2, 0) is 6.16 Å². The van der Waals surface area contributed by atoms with E-state index in [9.17, 15) is 0 Å². The largest absolute Gasteiger partial charge is 0.457 e. The maximum Gasteiger partial charge on any atom is 0.127 e. The van der Waals surface area contributed by atoms with Crippen molar-refractivity contribution < 1.29 is 4.74 Å². The molecule has 0 fully saturated rings. The van der Waals surface area contributed by atoms with E-state index in [1.165, 1.54) is 22.3 Å². The van der Waals surface area contributed by atoms with E-state index in [1.807, 2.05) is 60.7 Å². The summed E-state index contributed by atoms with van der Waals surface area (Å²) in [5, 5.41) is 0. The Kier molecular flexibility index (Phi) is 7.03. The molecule has 1 unspecified atom stereocenters. The van der Waals surface area contributed by atoms with Crippen LogP contribution >= 0.6 is 9.24 Å². The van der Waals surface area contributed by atoms with Crippen molar-refractivity contribution in [1.29, 1.82) is 0 Å². The Labute approximate surface area is 147 Å². The predicted octanol–water partition coefficient (Wildman–Crippen LogP) is 6.47. The van der Waals surface area contributed by atoms with Crippen LogP contribution in [0, 0.1) is 20.8 Å². The van der Waals surface area contributed by atoms with E-state index in [0.29, 0.717) is 0 Å². The van der Waals surface area contributed by atoms with Crippen molar-refractivity contribution in [2.24, 2.45) is 0 Å². The second-order valence-electron chi connectivity index (χ2n) is 5.81. The number of hydrogen-bond acceptors (Lipinski definition) is 1. The van der Waals surface area contributed by atoms with Crippen molar-refractivity contribution in [2.75, 3.05) is 0 Å². The molecular formula is C22H25OP. The van der Waals surface area contributed by atoms with Crippen molar-refractivity contribution in [2.45, 2.75) is 26.9 Å². The van der Waals surface area contributed by atoms with Gasteiger partial charge in [-0.3, -0.25) is 0 Å². The Balaban J connectivity index is 0.000000177. The molecular weight excluding hydrogens is 311 g/mol. The molecule has 0 saturated carbocycles. The zero-order chi connectivity index (χ0) is 17.4. The molecule has 0 bridgehead atoms.